The number of imidazole rings is 1. The van der Waals surface area contributed by atoms with E-state index in [1.54, 1.807) is 25.6 Å². The minimum Gasteiger partial charge on any atom is -0.495 e. The van der Waals surface area contributed by atoms with Crippen LogP contribution >= 0.6 is 0 Å². The van der Waals surface area contributed by atoms with Gasteiger partial charge in [0.1, 0.15) is 11.6 Å². The van der Waals surface area contributed by atoms with Crippen LogP contribution in [0.3, 0.4) is 0 Å². The smallest absolute Gasteiger partial charge is 0.234 e. The first kappa shape index (κ1) is 19.7. The van der Waals surface area contributed by atoms with E-state index in [4.69, 9.17) is 9.57 Å². The number of ether oxygens (including phenoxy) is 1. The number of aromatic nitrogens is 2. The number of hydrogen-bond acceptors (Lipinski definition) is 5. The molecule has 0 amide bonds. The Kier molecular flexibility index (Phi) is 5.03. The van der Waals surface area contributed by atoms with Crippen molar-refractivity contribution in [3.8, 4) is 11.4 Å². The van der Waals surface area contributed by atoms with Gasteiger partial charge in [-0.3, -0.25) is 0 Å². The SMILES string of the molecule is COc1cc(C=CC2=NOC(C)(c3ccc(F)cc3)N2C)ccc1-n1cnc(C)c1. The molecular weight excluding hydrogens is 383 g/mol. The number of amidine groups is 1. The third kappa shape index (κ3) is 3.54. The van der Waals surface area contributed by atoms with Crippen LogP contribution in [0.25, 0.3) is 11.8 Å². The highest BCUT2D eigenvalue weighted by atomic mass is 19.1. The summed E-state index contributed by atoms with van der Waals surface area (Å²) >= 11 is 0. The summed E-state index contributed by atoms with van der Waals surface area (Å²) in [7, 11) is 3.54. The van der Waals surface area contributed by atoms with Gasteiger partial charge in [0, 0.05) is 25.7 Å². The number of oxime groups is 1. The molecule has 7 heteroatoms. The highest BCUT2D eigenvalue weighted by Gasteiger charge is 2.40. The fraction of sp³-hybridized carbons (Fsp3) is 0.217. The lowest BCUT2D eigenvalue weighted by atomic mass is 10.0. The summed E-state index contributed by atoms with van der Waals surface area (Å²) < 4.78 is 20.8. The number of hydrogen-bond donors (Lipinski definition) is 0. The third-order valence-corrected chi connectivity index (χ3v) is 5.30. The van der Waals surface area contributed by atoms with Gasteiger partial charge in [-0.2, -0.15) is 0 Å². The normalized spacial score (nSPS) is 18.6. The van der Waals surface area contributed by atoms with Crippen molar-refractivity contribution < 1.29 is 14.0 Å². The number of halogens is 1. The first-order chi connectivity index (χ1) is 14.4. The van der Waals surface area contributed by atoms with Gasteiger partial charge >= 0.3 is 0 Å². The van der Waals surface area contributed by atoms with E-state index in [0.29, 0.717) is 5.84 Å². The van der Waals surface area contributed by atoms with Crippen molar-refractivity contribution in [2.75, 3.05) is 14.2 Å². The van der Waals surface area contributed by atoms with Crippen molar-refractivity contribution >= 4 is 11.9 Å². The van der Waals surface area contributed by atoms with E-state index in [9.17, 15) is 4.39 Å². The molecule has 1 aliphatic rings. The average Bonchev–Trinajstić information content (AvgIpc) is 3.31. The second-order valence-electron chi connectivity index (χ2n) is 7.28. The maximum absolute atomic E-state index is 13.3. The molecule has 1 unspecified atom stereocenters. The van der Waals surface area contributed by atoms with E-state index >= 15 is 0 Å². The molecular formula is C23H23FN4O2. The molecule has 0 aliphatic carbocycles. The molecule has 154 valence electrons. The second-order valence-corrected chi connectivity index (χ2v) is 7.28. The zero-order valence-electron chi connectivity index (χ0n) is 17.3. The lowest BCUT2D eigenvalue weighted by Crippen LogP contribution is -2.40. The molecule has 30 heavy (non-hydrogen) atoms. The van der Waals surface area contributed by atoms with Crippen LogP contribution in [-0.2, 0) is 10.6 Å². The number of methoxy groups -OCH3 is 1. The largest absolute Gasteiger partial charge is 0.495 e. The zero-order valence-corrected chi connectivity index (χ0v) is 17.3. The Hall–Kier alpha value is -3.61. The predicted octanol–water partition coefficient (Wildman–Crippen LogP) is 4.49. The number of likely N-dealkylation sites (N-methyl/N-ethyl adjacent to an activating group) is 1. The Labute approximate surface area is 174 Å². The molecule has 0 spiro atoms. The van der Waals surface area contributed by atoms with Crippen molar-refractivity contribution in [1.29, 1.82) is 0 Å². The Balaban J connectivity index is 1.54. The topological polar surface area (TPSA) is 51.9 Å². The van der Waals surface area contributed by atoms with E-state index < -0.39 is 5.72 Å². The Morgan fingerprint density at radius 3 is 2.57 bits per heavy atom. The number of aryl methyl sites for hydroxylation is 1. The molecule has 0 radical (unpaired) electrons. The third-order valence-electron chi connectivity index (χ3n) is 5.30. The Bertz CT molecular complexity index is 1120. The maximum atomic E-state index is 13.3. The minimum absolute atomic E-state index is 0.285. The van der Waals surface area contributed by atoms with E-state index in [2.05, 4.69) is 10.1 Å². The standard InChI is InChI=1S/C23H23FN4O2/c1-16-14-28(15-25-16)20-11-5-17(13-21(20)29-4)6-12-22-26-30-23(2,27(22)3)18-7-9-19(24)10-8-18/h5-15H,1-4H3. The summed E-state index contributed by atoms with van der Waals surface area (Å²) in [5.74, 6) is 1.12. The van der Waals surface area contributed by atoms with Gasteiger partial charge in [-0.1, -0.05) is 29.4 Å². The summed E-state index contributed by atoms with van der Waals surface area (Å²) in [6, 6.07) is 12.2. The molecule has 2 heterocycles. The van der Waals surface area contributed by atoms with Crippen molar-refractivity contribution in [3.63, 3.8) is 0 Å². The number of benzene rings is 2. The number of rotatable bonds is 5. The molecule has 0 saturated heterocycles. The summed E-state index contributed by atoms with van der Waals surface area (Å²) in [4.78, 5) is 11.9. The van der Waals surface area contributed by atoms with Crippen molar-refractivity contribution in [2.45, 2.75) is 19.6 Å². The highest BCUT2D eigenvalue weighted by molar-refractivity contribution is 5.97. The first-order valence-corrected chi connectivity index (χ1v) is 9.54. The lowest BCUT2D eigenvalue weighted by molar-refractivity contribution is -0.0814. The molecule has 0 N–H and O–H groups in total. The van der Waals surface area contributed by atoms with Gasteiger partial charge in [0.05, 0.1) is 24.8 Å². The van der Waals surface area contributed by atoms with Crippen LogP contribution in [0.15, 0.2) is 66.2 Å². The fourth-order valence-electron chi connectivity index (χ4n) is 3.36. The van der Waals surface area contributed by atoms with Crippen molar-refractivity contribution in [2.24, 2.45) is 5.16 Å². The van der Waals surface area contributed by atoms with Crippen LogP contribution in [-0.4, -0.2) is 34.4 Å². The summed E-state index contributed by atoms with van der Waals surface area (Å²) in [5.41, 5.74) is 2.83. The molecule has 0 fully saturated rings. The zero-order chi connectivity index (χ0) is 21.3. The van der Waals surface area contributed by atoms with E-state index in [1.807, 2.05) is 66.9 Å². The molecule has 1 atom stereocenters. The van der Waals surface area contributed by atoms with Crippen LogP contribution in [0.4, 0.5) is 4.39 Å². The van der Waals surface area contributed by atoms with Crippen LogP contribution < -0.4 is 4.74 Å². The molecule has 0 saturated carbocycles. The molecule has 3 aromatic rings. The lowest BCUT2D eigenvalue weighted by Gasteiger charge is -2.31. The van der Waals surface area contributed by atoms with Crippen LogP contribution in [0.1, 0.15) is 23.7 Å². The predicted molar refractivity (Wildman–Crippen MR) is 114 cm³/mol. The van der Waals surface area contributed by atoms with Crippen LogP contribution in [0.5, 0.6) is 5.75 Å². The van der Waals surface area contributed by atoms with Gasteiger partial charge < -0.3 is 19.0 Å². The minimum atomic E-state index is -0.797. The average molecular weight is 406 g/mol. The van der Waals surface area contributed by atoms with E-state index in [0.717, 1.165) is 28.3 Å². The van der Waals surface area contributed by atoms with E-state index in [-0.39, 0.29) is 5.82 Å². The number of nitrogens with zero attached hydrogens (tertiary/aromatic N) is 4. The van der Waals surface area contributed by atoms with Gasteiger partial charge in [-0.15, -0.1) is 0 Å². The monoisotopic (exact) mass is 406 g/mol. The summed E-state index contributed by atoms with van der Waals surface area (Å²) in [6.45, 7) is 3.84. The summed E-state index contributed by atoms with van der Waals surface area (Å²) in [5, 5.41) is 4.21. The van der Waals surface area contributed by atoms with Gasteiger partial charge in [-0.25, -0.2) is 9.37 Å². The Morgan fingerprint density at radius 2 is 1.90 bits per heavy atom. The second kappa shape index (κ2) is 7.67. The van der Waals surface area contributed by atoms with Crippen molar-refractivity contribution in [3.05, 3.63) is 83.7 Å². The molecule has 1 aromatic heterocycles. The molecule has 4 rings (SSSR count). The maximum Gasteiger partial charge on any atom is 0.234 e. The fourth-order valence-corrected chi connectivity index (χ4v) is 3.36. The molecule has 1 aliphatic heterocycles. The van der Waals surface area contributed by atoms with Gasteiger partial charge in [0.2, 0.25) is 5.72 Å². The molecule has 6 nitrogen and oxygen atoms in total. The quantitative estimate of drug-likeness (QED) is 0.627. The van der Waals surface area contributed by atoms with Crippen molar-refractivity contribution in [1.82, 2.24) is 14.5 Å². The van der Waals surface area contributed by atoms with Gasteiger partial charge in [0.15, 0.2) is 5.84 Å². The highest BCUT2D eigenvalue weighted by Crippen LogP contribution is 2.34. The first-order valence-electron chi connectivity index (χ1n) is 9.54. The molecule has 0 bridgehead atoms. The van der Waals surface area contributed by atoms with Gasteiger partial charge in [0.25, 0.3) is 0 Å². The van der Waals surface area contributed by atoms with Gasteiger partial charge in [-0.05, 0) is 42.8 Å². The molecule has 2 aromatic carbocycles. The van der Waals surface area contributed by atoms with Crippen LogP contribution in [0.2, 0.25) is 0 Å². The summed E-state index contributed by atoms with van der Waals surface area (Å²) in [6.07, 6.45) is 7.53. The van der Waals surface area contributed by atoms with E-state index in [1.165, 1.54) is 12.1 Å². The Morgan fingerprint density at radius 1 is 1.13 bits per heavy atom. The van der Waals surface area contributed by atoms with Crippen LogP contribution in [0, 0.1) is 12.7 Å².